The van der Waals surface area contributed by atoms with Crippen molar-refractivity contribution in [2.45, 2.75) is 77.7 Å². The number of thiophene rings is 2. The molecule has 0 saturated heterocycles. The lowest BCUT2D eigenvalue weighted by Gasteiger charge is -2.28. The molecule has 2 aromatic heterocycles. The third-order valence-corrected chi connectivity index (χ3v) is 7.43. The van der Waals surface area contributed by atoms with Crippen LogP contribution in [0.4, 0.5) is 0 Å². The Labute approximate surface area is 153 Å². The SMILES string of the molecule is CCCC[C@H]1CC[C@H](OC(=O)c2cc3cc(CCC)sc3s2)CC1. The fourth-order valence-electron chi connectivity index (χ4n) is 3.60. The van der Waals surface area contributed by atoms with Crippen molar-refractivity contribution < 1.29 is 9.53 Å². The fourth-order valence-corrected chi connectivity index (χ4v) is 6.08. The second-order valence-corrected chi connectivity index (χ2v) is 9.45. The Balaban J connectivity index is 1.53. The van der Waals surface area contributed by atoms with E-state index in [0.717, 1.165) is 30.1 Å². The van der Waals surface area contributed by atoms with E-state index in [1.807, 2.05) is 17.4 Å². The molecule has 0 radical (unpaired) electrons. The van der Waals surface area contributed by atoms with E-state index in [2.05, 4.69) is 19.9 Å². The first-order valence-corrected chi connectivity index (χ1v) is 11.1. The largest absolute Gasteiger partial charge is 0.458 e. The zero-order valence-corrected chi connectivity index (χ0v) is 16.4. The summed E-state index contributed by atoms with van der Waals surface area (Å²) in [4.78, 5) is 14.6. The lowest BCUT2D eigenvalue weighted by Crippen LogP contribution is -2.24. The van der Waals surface area contributed by atoms with Gasteiger partial charge in [0, 0.05) is 10.3 Å². The first kappa shape index (κ1) is 17.9. The summed E-state index contributed by atoms with van der Waals surface area (Å²) in [6.07, 6.45) is 10.9. The molecule has 1 aliphatic rings. The molecule has 0 aliphatic heterocycles. The minimum Gasteiger partial charge on any atom is -0.458 e. The van der Waals surface area contributed by atoms with Crippen LogP contribution in [0.3, 0.4) is 0 Å². The predicted octanol–water partition coefficient (Wildman–Crippen LogP) is 6.82. The van der Waals surface area contributed by atoms with Gasteiger partial charge in [-0.05, 0) is 50.2 Å². The van der Waals surface area contributed by atoms with Gasteiger partial charge < -0.3 is 4.74 Å². The molecule has 132 valence electrons. The molecular weight excluding hydrogens is 336 g/mol. The summed E-state index contributed by atoms with van der Waals surface area (Å²) in [7, 11) is 0. The summed E-state index contributed by atoms with van der Waals surface area (Å²) >= 11 is 3.42. The van der Waals surface area contributed by atoms with Crippen LogP contribution in [0.1, 0.15) is 79.8 Å². The molecule has 4 heteroatoms. The lowest BCUT2D eigenvalue weighted by atomic mass is 9.84. The van der Waals surface area contributed by atoms with Crippen LogP contribution in [0.15, 0.2) is 12.1 Å². The van der Waals surface area contributed by atoms with Gasteiger partial charge in [-0.25, -0.2) is 4.79 Å². The summed E-state index contributed by atoms with van der Waals surface area (Å²) in [6.45, 7) is 4.46. The van der Waals surface area contributed by atoms with Crippen LogP contribution >= 0.6 is 22.7 Å². The Bertz CT molecular complexity index is 631. The molecule has 0 aromatic carbocycles. The number of carbonyl (C=O) groups is 1. The van der Waals surface area contributed by atoms with E-state index in [0.29, 0.717) is 0 Å². The number of hydrogen-bond donors (Lipinski definition) is 0. The molecule has 0 amide bonds. The maximum absolute atomic E-state index is 12.4. The first-order valence-electron chi connectivity index (χ1n) is 9.42. The number of ether oxygens (including phenoxy) is 1. The van der Waals surface area contributed by atoms with Gasteiger partial charge in [0.25, 0.3) is 0 Å². The van der Waals surface area contributed by atoms with Gasteiger partial charge in [-0.15, -0.1) is 22.7 Å². The molecule has 3 rings (SSSR count). The van der Waals surface area contributed by atoms with E-state index in [9.17, 15) is 4.79 Å². The van der Waals surface area contributed by atoms with Gasteiger partial charge in [0.1, 0.15) is 11.0 Å². The molecule has 0 spiro atoms. The van der Waals surface area contributed by atoms with Gasteiger partial charge in [-0.3, -0.25) is 0 Å². The van der Waals surface area contributed by atoms with Gasteiger partial charge in [0.15, 0.2) is 0 Å². The monoisotopic (exact) mass is 364 g/mol. The van der Waals surface area contributed by atoms with Gasteiger partial charge >= 0.3 is 5.97 Å². The third-order valence-electron chi connectivity index (χ3n) is 5.00. The number of carbonyl (C=O) groups excluding carboxylic acids is 1. The molecular formula is C20H28O2S2. The second-order valence-electron chi connectivity index (χ2n) is 7.01. The van der Waals surface area contributed by atoms with Crippen LogP contribution < -0.4 is 0 Å². The topological polar surface area (TPSA) is 26.3 Å². The standard InChI is InChI=1S/C20H28O2S2/c1-3-5-7-14-8-10-16(11-9-14)22-19(21)18-13-15-12-17(6-4-2)23-20(15)24-18/h12-14,16H,3-11H2,1-2H3/t14-,16-. The lowest BCUT2D eigenvalue weighted by molar-refractivity contribution is 0.0166. The fraction of sp³-hybridized carbons (Fsp3) is 0.650. The number of unbranched alkanes of at least 4 members (excludes halogenated alkanes) is 1. The average molecular weight is 365 g/mol. The van der Waals surface area contributed by atoms with Gasteiger partial charge in [0.05, 0.1) is 4.01 Å². The normalized spacial score (nSPS) is 21.2. The maximum Gasteiger partial charge on any atom is 0.348 e. The molecule has 1 fully saturated rings. The molecule has 0 N–H and O–H groups in total. The summed E-state index contributed by atoms with van der Waals surface area (Å²) in [5, 5.41) is 1.21. The summed E-state index contributed by atoms with van der Waals surface area (Å²) in [5.41, 5.74) is 0. The Morgan fingerprint density at radius 3 is 2.58 bits per heavy atom. The van der Waals surface area contributed by atoms with E-state index < -0.39 is 0 Å². The molecule has 2 heterocycles. The van der Waals surface area contributed by atoms with Crippen LogP contribution in [0.2, 0.25) is 0 Å². The molecule has 0 unspecified atom stereocenters. The molecule has 0 atom stereocenters. The van der Waals surface area contributed by atoms with Crippen molar-refractivity contribution >= 4 is 38.0 Å². The molecule has 0 bridgehead atoms. The van der Waals surface area contributed by atoms with Crippen molar-refractivity contribution in [3.8, 4) is 0 Å². The minimum absolute atomic E-state index is 0.113. The summed E-state index contributed by atoms with van der Waals surface area (Å²) in [5.74, 6) is 0.737. The van der Waals surface area contributed by atoms with E-state index in [1.54, 1.807) is 11.3 Å². The Morgan fingerprint density at radius 1 is 1.12 bits per heavy atom. The van der Waals surface area contributed by atoms with Crippen molar-refractivity contribution in [1.29, 1.82) is 0 Å². The van der Waals surface area contributed by atoms with E-state index in [1.165, 1.54) is 52.8 Å². The highest BCUT2D eigenvalue weighted by Gasteiger charge is 2.25. The van der Waals surface area contributed by atoms with Crippen LogP contribution in [-0.2, 0) is 11.2 Å². The molecule has 1 aliphatic carbocycles. The molecule has 2 aromatic rings. The van der Waals surface area contributed by atoms with Gasteiger partial charge in [-0.2, -0.15) is 0 Å². The second kappa shape index (κ2) is 8.48. The maximum atomic E-state index is 12.4. The van der Waals surface area contributed by atoms with Crippen LogP contribution in [0.5, 0.6) is 0 Å². The Hall–Kier alpha value is -0.870. The summed E-state index contributed by atoms with van der Waals surface area (Å²) < 4.78 is 7.04. The first-order chi connectivity index (χ1) is 11.7. The number of hydrogen-bond acceptors (Lipinski definition) is 4. The predicted molar refractivity (Wildman–Crippen MR) is 104 cm³/mol. The van der Waals surface area contributed by atoms with Crippen molar-refractivity contribution in [2.24, 2.45) is 5.92 Å². The third kappa shape index (κ3) is 4.40. The Kier molecular flexibility index (Phi) is 6.34. The highest BCUT2D eigenvalue weighted by Crippen LogP contribution is 2.35. The number of aryl methyl sites for hydroxylation is 1. The quantitative estimate of drug-likeness (QED) is 0.504. The number of esters is 1. The van der Waals surface area contributed by atoms with Gasteiger partial charge in [0.2, 0.25) is 0 Å². The van der Waals surface area contributed by atoms with Gasteiger partial charge in [-0.1, -0.05) is 39.5 Å². The van der Waals surface area contributed by atoms with E-state index >= 15 is 0 Å². The van der Waals surface area contributed by atoms with E-state index in [-0.39, 0.29) is 12.1 Å². The van der Waals surface area contributed by atoms with Crippen molar-refractivity contribution in [3.05, 3.63) is 21.9 Å². The molecule has 24 heavy (non-hydrogen) atoms. The Morgan fingerprint density at radius 2 is 1.92 bits per heavy atom. The van der Waals surface area contributed by atoms with Crippen LogP contribution in [0, 0.1) is 5.92 Å². The highest BCUT2D eigenvalue weighted by atomic mass is 32.2. The minimum atomic E-state index is -0.113. The zero-order valence-electron chi connectivity index (χ0n) is 14.8. The number of rotatable bonds is 7. The highest BCUT2D eigenvalue weighted by molar-refractivity contribution is 7.39. The van der Waals surface area contributed by atoms with Crippen LogP contribution in [-0.4, -0.2) is 12.1 Å². The van der Waals surface area contributed by atoms with E-state index in [4.69, 9.17) is 4.74 Å². The molecule has 1 saturated carbocycles. The zero-order chi connectivity index (χ0) is 16.9. The average Bonchev–Trinajstić information content (AvgIpc) is 3.13. The summed E-state index contributed by atoms with van der Waals surface area (Å²) in [6, 6.07) is 4.25. The van der Waals surface area contributed by atoms with Crippen molar-refractivity contribution in [3.63, 3.8) is 0 Å². The van der Waals surface area contributed by atoms with Crippen molar-refractivity contribution in [1.82, 2.24) is 0 Å². The molecule has 2 nitrogen and oxygen atoms in total. The number of fused-ring (bicyclic) bond motifs is 1. The smallest absolute Gasteiger partial charge is 0.348 e. The van der Waals surface area contributed by atoms with Crippen LogP contribution in [0.25, 0.3) is 9.40 Å². The van der Waals surface area contributed by atoms with Crippen molar-refractivity contribution in [2.75, 3.05) is 0 Å².